The third-order valence-corrected chi connectivity index (χ3v) is 4.32. The van der Waals surface area contributed by atoms with E-state index in [9.17, 15) is 0 Å². The van der Waals surface area contributed by atoms with Crippen LogP contribution in [0.2, 0.25) is 0 Å². The van der Waals surface area contributed by atoms with Crippen molar-refractivity contribution in [2.24, 2.45) is 11.8 Å². The molecule has 1 saturated carbocycles. The SMILES string of the molecule is CC(C)CCN(C(C)CNCC(C)C)C1CCCC1. The van der Waals surface area contributed by atoms with Crippen molar-refractivity contribution in [3.63, 3.8) is 0 Å². The molecule has 2 nitrogen and oxygen atoms in total. The topological polar surface area (TPSA) is 15.3 Å². The van der Waals surface area contributed by atoms with E-state index in [-0.39, 0.29) is 0 Å². The van der Waals surface area contributed by atoms with Gasteiger partial charge in [-0.15, -0.1) is 0 Å². The lowest BCUT2D eigenvalue weighted by Gasteiger charge is -2.35. The van der Waals surface area contributed by atoms with E-state index in [1.54, 1.807) is 0 Å². The Labute approximate surface area is 121 Å². The van der Waals surface area contributed by atoms with E-state index in [0.29, 0.717) is 6.04 Å². The first-order valence-corrected chi connectivity index (χ1v) is 8.47. The fourth-order valence-corrected chi connectivity index (χ4v) is 3.10. The van der Waals surface area contributed by atoms with Crippen molar-refractivity contribution in [3.8, 4) is 0 Å². The molecule has 114 valence electrons. The zero-order valence-electron chi connectivity index (χ0n) is 13.9. The first-order chi connectivity index (χ1) is 9.00. The van der Waals surface area contributed by atoms with Gasteiger partial charge in [-0.2, -0.15) is 0 Å². The van der Waals surface area contributed by atoms with Crippen molar-refractivity contribution < 1.29 is 0 Å². The van der Waals surface area contributed by atoms with E-state index in [1.807, 2.05) is 0 Å². The lowest BCUT2D eigenvalue weighted by atomic mass is 10.1. The Bertz CT molecular complexity index is 219. The molecule has 19 heavy (non-hydrogen) atoms. The quantitative estimate of drug-likeness (QED) is 0.682. The molecule has 0 saturated heterocycles. The maximum atomic E-state index is 3.63. The molecule has 1 aliphatic rings. The molecule has 0 spiro atoms. The molecule has 1 rings (SSSR count). The minimum atomic E-state index is 0.681. The van der Waals surface area contributed by atoms with E-state index in [2.05, 4.69) is 44.8 Å². The molecule has 1 aliphatic carbocycles. The molecule has 1 unspecified atom stereocenters. The summed E-state index contributed by atoms with van der Waals surface area (Å²) in [6, 6.07) is 1.54. The van der Waals surface area contributed by atoms with Crippen LogP contribution in [0.15, 0.2) is 0 Å². The number of nitrogens with zero attached hydrogens (tertiary/aromatic N) is 1. The smallest absolute Gasteiger partial charge is 0.0195 e. The van der Waals surface area contributed by atoms with Gasteiger partial charge in [0.2, 0.25) is 0 Å². The largest absolute Gasteiger partial charge is 0.315 e. The maximum absolute atomic E-state index is 3.63. The van der Waals surface area contributed by atoms with Crippen LogP contribution in [0.5, 0.6) is 0 Å². The lowest BCUT2D eigenvalue weighted by Crippen LogP contribution is -2.46. The minimum Gasteiger partial charge on any atom is -0.315 e. The maximum Gasteiger partial charge on any atom is 0.0195 e. The molecule has 0 aromatic carbocycles. The van der Waals surface area contributed by atoms with Gasteiger partial charge in [-0.1, -0.05) is 40.5 Å². The Hall–Kier alpha value is -0.0800. The van der Waals surface area contributed by atoms with Crippen LogP contribution >= 0.6 is 0 Å². The van der Waals surface area contributed by atoms with Gasteiger partial charge >= 0.3 is 0 Å². The van der Waals surface area contributed by atoms with Crippen LogP contribution in [0.1, 0.15) is 66.7 Å². The highest BCUT2D eigenvalue weighted by Crippen LogP contribution is 2.25. The van der Waals surface area contributed by atoms with E-state index in [0.717, 1.165) is 31.0 Å². The molecule has 1 fully saturated rings. The third kappa shape index (κ3) is 6.76. The van der Waals surface area contributed by atoms with E-state index >= 15 is 0 Å². The summed E-state index contributed by atoms with van der Waals surface area (Å²) in [6.45, 7) is 15.2. The summed E-state index contributed by atoms with van der Waals surface area (Å²) in [6.07, 6.45) is 7.06. The molecule has 0 aromatic heterocycles. The molecule has 1 atom stereocenters. The summed E-state index contributed by atoms with van der Waals surface area (Å²) in [5.41, 5.74) is 0. The normalized spacial score (nSPS) is 18.9. The van der Waals surface area contributed by atoms with Crippen LogP contribution in [-0.2, 0) is 0 Å². The van der Waals surface area contributed by atoms with Crippen LogP contribution in [0, 0.1) is 11.8 Å². The van der Waals surface area contributed by atoms with Crippen LogP contribution in [0.4, 0.5) is 0 Å². The first kappa shape index (κ1) is 17.0. The van der Waals surface area contributed by atoms with Crippen LogP contribution < -0.4 is 5.32 Å². The Morgan fingerprint density at radius 1 is 0.947 bits per heavy atom. The minimum absolute atomic E-state index is 0.681. The second-order valence-corrected chi connectivity index (χ2v) is 7.26. The Morgan fingerprint density at radius 2 is 1.58 bits per heavy atom. The van der Waals surface area contributed by atoms with E-state index < -0.39 is 0 Å². The van der Waals surface area contributed by atoms with Gasteiger partial charge in [0.15, 0.2) is 0 Å². The van der Waals surface area contributed by atoms with Crippen molar-refractivity contribution in [2.45, 2.75) is 78.8 Å². The fraction of sp³-hybridized carbons (Fsp3) is 1.00. The summed E-state index contributed by atoms with van der Waals surface area (Å²) in [7, 11) is 0. The molecular weight excluding hydrogens is 232 g/mol. The lowest BCUT2D eigenvalue weighted by molar-refractivity contribution is 0.134. The standard InChI is InChI=1S/C17H36N2/c1-14(2)10-11-19(17-8-6-7-9-17)16(5)13-18-12-15(3)4/h14-18H,6-13H2,1-5H3. The molecule has 0 heterocycles. The molecule has 0 aliphatic heterocycles. The van der Waals surface area contributed by atoms with Gasteiger partial charge in [-0.05, 0) is 51.1 Å². The number of hydrogen-bond acceptors (Lipinski definition) is 2. The van der Waals surface area contributed by atoms with Crippen molar-refractivity contribution >= 4 is 0 Å². The highest BCUT2D eigenvalue weighted by Gasteiger charge is 2.26. The summed E-state index contributed by atoms with van der Waals surface area (Å²) < 4.78 is 0. The van der Waals surface area contributed by atoms with Gasteiger partial charge in [0.25, 0.3) is 0 Å². The molecule has 0 bridgehead atoms. The van der Waals surface area contributed by atoms with Gasteiger partial charge in [-0.3, -0.25) is 4.90 Å². The number of nitrogens with one attached hydrogen (secondary N) is 1. The summed E-state index contributed by atoms with van der Waals surface area (Å²) in [5, 5.41) is 3.63. The van der Waals surface area contributed by atoms with E-state index in [1.165, 1.54) is 38.6 Å². The third-order valence-electron chi connectivity index (χ3n) is 4.32. The van der Waals surface area contributed by atoms with Gasteiger partial charge < -0.3 is 5.32 Å². The number of rotatable bonds is 9. The number of hydrogen-bond donors (Lipinski definition) is 1. The summed E-state index contributed by atoms with van der Waals surface area (Å²) >= 11 is 0. The highest BCUT2D eigenvalue weighted by molar-refractivity contribution is 4.82. The highest BCUT2D eigenvalue weighted by atomic mass is 15.2. The van der Waals surface area contributed by atoms with Crippen molar-refractivity contribution in [1.82, 2.24) is 10.2 Å². The first-order valence-electron chi connectivity index (χ1n) is 8.47. The van der Waals surface area contributed by atoms with Crippen molar-refractivity contribution in [2.75, 3.05) is 19.6 Å². The summed E-state index contributed by atoms with van der Waals surface area (Å²) in [4.78, 5) is 2.79. The molecular formula is C17H36N2. The molecule has 0 aromatic rings. The molecule has 1 N–H and O–H groups in total. The predicted octanol–water partition coefficient (Wildman–Crippen LogP) is 3.91. The van der Waals surface area contributed by atoms with E-state index in [4.69, 9.17) is 0 Å². The Kier molecular flexibility index (Phi) is 8.01. The Morgan fingerprint density at radius 3 is 2.11 bits per heavy atom. The van der Waals surface area contributed by atoms with Crippen LogP contribution in [-0.4, -0.2) is 36.6 Å². The zero-order chi connectivity index (χ0) is 14.3. The van der Waals surface area contributed by atoms with Crippen LogP contribution in [0.3, 0.4) is 0 Å². The predicted molar refractivity (Wildman–Crippen MR) is 85.6 cm³/mol. The zero-order valence-corrected chi connectivity index (χ0v) is 13.9. The molecule has 2 heteroatoms. The fourth-order valence-electron chi connectivity index (χ4n) is 3.10. The van der Waals surface area contributed by atoms with Gasteiger partial charge in [0.1, 0.15) is 0 Å². The van der Waals surface area contributed by atoms with Crippen molar-refractivity contribution in [3.05, 3.63) is 0 Å². The van der Waals surface area contributed by atoms with Gasteiger partial charge in [0.05, 0.1) is 0 Å². The van der Waals surface area contributed by atoms with Gasteiger partial charge in [0, 0.05) is 18.6 Å². The molecule has 0 radical (unpaired) electrons. The van der Waals surface area contributed by atoms with Crippen molar-refractivity contribution in [1.29, 1.82) is 0 Å². The monoisotopic (exact) mass is 268 g/mol. The molecule has 0 amide bonds. The average Bonchev–Trinajstić information content (AvgIpc) is 2.82. The summed E-state index contributed by atoms with van der Waals surface area (Å²) in [5.74, 6) is 1.57. The average molecular weight is 268 g/mol. The Balaban J connectivity index is 2.41. The van der Waals surface area contributed by atoms with Gasteiger partial charge in [-0.25, -0.2) is 0 Å². The second kappa shape index (κ2) is 8.97. The van der Waals surface area contributed by atoms with Crippen LogP contribution in [0.25, 0.3) is 0 Å². The second-order valence-electron chi connectivity index (χ2n) is 7.26.